The van der Waals surface area contributed by atoms with Crippen molar-refractivity contribution in [3.8, 4) is 5.75 Å². The fraction of sp³-hybridized carbons (Fsp3) is 0.488. The van der Waals surface area contributed by atoms with E-state index in [1.807, 2.05) is 37.8 Å². The van der Waals surface area contributed by atoms with Crippen molar-refractivity contribution in [3.05, 3.63) is 69.7 Å². The van der Waals surface area contributed by atoms with Gasteiger partial charge in [-0.05, 0) is 95.3 Å². The molecule has 3 amide bonds. The van der Waals surface area contributed by atoms with E-state index in [1.54, 1.807) is 30.2 Å². The van der Waals surface area contributed by atoms with Gasteiger partial charge in [0.15, 0.2) is 12.4 Å². The van der Waals surface area contributed by atoms with Crippen LogP contribution in [0.25, 0.3) is 21.9 Å². The summed E-state index contributed by atoms with van der Waals surface area (Å²) in [6, 6.07) is 6.53. The van der Waals surface area contributed by atoms with Gasteiger partial charge in [0.05, 0.1) is 35.6 Å². The van der Waals surface area contributed by atoms with Crippen LogP contribution in [0.4, 0.5) is 26.2 Å². The van der Waals surface area contributed by atoms with Crippen LogP contribution in [0.1, 0.15) is 80.7 Å². The predicted octanol–water partition coefficient (Wildman–Crippen LogP) is 4.53. The number of alkyl halides is 1. The number of aromatic nitrogens is 6. The normalized spacial score (nSPS) is 20.4. The summed E-state index contributed by atoms with van der Waals surface area (Å²) in [5, 5.41) is 14.0. The molecule has 8 rings (SSSR count). The Balaban J connectivity index is 0.888. The van der Waals surface area contributed by atoms with Crippen LogP contribution < -0.4 is 31.1 Å². The van der Waals surface area contributed by atoms with Crippen molar-refractivity contribution in [2.45, 2.75) is 76.9 Å². The molecule has 61 heavy (non-hydrogen) atoms. The SMILES string of the molecule is CNC(=O)COc1cc2cc(Nc3nc(N4CC[C@H](CN5CCC(c6cc7c(cc6F)c(C6CCC(=O)NC6=O)nn7C)CC5)[C@H](F)C4)ncc3C)cnc2n(C(C)C)c1=O. The van der Waals surface area contributed by atoms with Crippen molar-refractivity contribution in [1.82, 2.24) is 44.8 Å². The summed E-state index contributed by atoms with van der Waals surface area (Å²) in [6.07, 6.45) is 4.88. The highest BCUT2D eigenvalue weighted by atomic mass is 19.1. The fourth-order valence-electron chi connectivity index (χ4n) is 8.86. The average molecular weight is 840 g/mol. The van der Waals surface area contributed by atoms with Gasteiger partial charge < -0.3 is 25.2 Å². The third kappa shape index (κ3) is 8.49. The van der Waals surface area contributed by atoms with Gasteiger partial charge in [-0.15, -0.1) is 0 Å². The van der Waals surface area contributed by atoms with Gasteiger partial charge in [-0.3, -0.25) is 33.7 Å². The number of benzene rings is 1. The van der Waals surface area contributed by atoms with Gasteiger partial charge in [0, 0.05) is 68.1 Å². The van der Waals surface area contributed by atoms with Gasteiger partial charge in [0.25, 0.3) is 11.5 Å². The van der Waals surface area contributed by atoms with Crippen LogP contribution in [0, 0.1) is 18.7 Å². The fourth-order valence-corrected chi connectivity index (χ4v) is 8.86. The zero-order valence-corrected chi connectivity index (χ0v) is 35.0. The first-order chi connectivity index (χ1) is 29.3. The lowest BCUT2D eigenvalue weighted by Crippen LogP contribution is -2.47. The number of carbonyl (C=O) groups excluding carboxylic acids is 3. The molecular weight excluding hydrogens is 789 g/mol. The summed E-state index contributed by atoms with van der Waals surface area (Å²) in [6.45, 7) is 8.12. The summed E-state index contributed by atoms with van der Waals surface area (Å²) >= 11 is 0. The molecule has 3 aliphatic heterocycles. The number of rotatable bonds is 11. The Morgan fingerprint density at radius 1 is 1.03 bits per heavy atom. The second-order valence-electron chi connectivity index (χ2n) is 16.7. The number of nitrogens with one attached hydrogen (secondary N) is 3. The topological polar surface area (TPSA) is 181 Å². The van der Waals surface area contributed by atoms with Crippen LogP contribution in [-0.4, -0.2) is 104 Å². The van der Waals surface area contributed by atoms with Gasteiger partial charge in [0.2, 0.25) is 17.8 Å². The molecule has 0 spiro atoms. The molecule has 0 radical (unpaired) electrons. The number of aryl methyl sites for hydroxylation is 2. The summed E-state index contributed by atoms with van der Waals surface area (Å²) in [5.74, 6) is -1.18. The van der Waals surface area contributed by atoms with Gasteiger partial charge in [-0.25, -0.2) is 18.7 Å². The average Bonchev–Trinajstić information content (AvgIpc) is 3.55. The van der Waals surface area contributed by atoms with Crippen LogP contribution in [0.15, 0.2) is 41.5 Å². The molecule has 3 aliphatic rings. The third-order valence-electron chi connectivity index (χ3n) is 12.3. The maximum atomic E-state index is 15.9. The predicted molar refractivity (Wildman–Crippen MR) is 225 cm³/mol. The highest BCUT2D eigenvalue weighted by Crippen LogP contribution is 2.37. The molecule has 1 aromatic carbocycles. The molecule has 1 unspecified atom stereocenters. The Hall–Kier alpha value is -6.04. The number of pyridine rings is 2. The lowest BCUT2D eigenvalue weighted by molar-refractivity contribution is -0.134. The van der Waals surface area contributed by atoms with E-state index >= 15 is 8.78 Å². The lowest BCUT2D eigenvalue weighted by Gasteiger charge is -2.39. The van der Waals surface area contributed by atoms with Crippen molar-refractivity contribution in [1.29, 1.82) is 0 Å². The van der Waals surface area contributed by atoms with E-state index in [2.05, 4.69) is 35.9 Å². The summed E-state index contributed by atoms with van der Waals surface area (Å²) in [5.41, 5.74) is 3.34. The molecule has 4 aromatic heterocycles. The first kappa shape index (κ1) is 41.7. The number of fused-ring (bicyclic) bond motifs is 2. The highest BCUT2D eigenvalue weighted by molar-refractivity contribution is 6.02. The van der Waals surface area contributed by atoms with E-state index in [0.29, 0.717) is 71.1 Å². The quantitative estimate of drug-likeness (QED) is 0.158. The van der Waals surface area contributed by atoms with Crippen LogP contribution in [0.2, 0.25) is 0 Å². The number of hydrogen-bond donors (Lipinski definition) is 3. The molecule has 0 saturated carbocycles. The van der Waals surface area contributed by atoms with Crippen LogP contribution in [-0.2, 0) is 21.4 Å². The lowest BCUT2D eigenvalue weighted by atomic mass is 9.86. The molecule has 5 aromatic rings. The van der Waals surface area contributed by atoms with Gasteiger partial charge in [0.1, 0.15) is 23.5 Å². The van der Waals surface area contributed by atoms with E-state index in [4.69, 9.17) is 9.72 Å². The molecule has 322 valence electrons. The molecular formula is C43H51F2N11O5. The zero-order chi connectivity index (χ0) is 43.1. The number of hydrogen-bond acceptors (Lipinski definition) is 12. The number of anilines is 3. The molecule has 16 nitrogen and oxygen atoms in total. The number of ether oxygens (including phenoxy) is 1. The minimum atomic E-state index is -1.10. The van der Waals surface area contributed by atoms with E-state index < -0.39 is 18.0 Å². The second kappa shape index (κ2) is 17.1. The standard InChI is InChI=1S/C43H51F2N11O5/c1-23(2)56-40-27(15-35(42(56)60)61-22-37(58)46-4)14-28(19-47-40)49-39-24(3)18-48-43(51-39)55-13-10-26(33(45)21-55)20-54-11-8-25(9-12-54)30-17-34-31(16-32(30)44)38(52-53(34)5)29-6-7-36(57)50-41(29)59/h14-19,23,25-26,29,33H,6-13,20-22H2,1-5H3,(H,46,58)(H,48,49,51)(H,50,57,59)/t26-,29?,33-/m1/s1. The summed E-state index contributed by atoms with van der Waals surface area (Å²) < 4.78 is 40.5. The molecule has 0 bridgehead atoms. The first-order valence-electron chi connectivity index (χ1n) is 20.9. The minimum Gasteiger partial charge on any atom is -0.478 e. The van der Waals surface area contributed by atoms with Crippen molar-refractivity contribution in [2.24, 2.45) is 13.0 Å². The summed E-state index contributed by atoms with van der Waals surface area (Å²) in [4.78, 5) is 67.4. The van der Waals surface area contributed by atoms with E-state index in [-0.39, 0.29) is 66.4 Å². The molecule has 3 fully saturated rings. The van der Waals surface area contributed by atoms with Crippen molar-refractivity contribution in [3.63, 3.8) is 0 Å². The number of halogens is 2. The van der Waals surface area contributed by atoms with Gasteiger partial charge >= 0.3 is 0 Å². The monoisotopic (exact) mass is 839 g/mol. The first-order valence-corrected chi connectivity index (χ1v) is 20.9. The molecule has 3 N–H and O–H groups in total. The second-order valence-corrected chi connectivity index (χ2v) is 16.7. The summed E-state index contributed by atoms with van der Waals surface area (Å²) in [7, 11) is 3.28. The Kier molecular flexibility index (Phi) is 11.7. The Labute approximate surface area is 351 Å². The van der Waals surface area contributed by atoms with E-state index in [0.717, 1.165) is 37.0 Å². The minimum absolute atomic E-state index is 0.00153. The molecule has 7 heterocycles. The highest BCUT2D eigenvalue weighted by Gasteiger charge is 2.35. The van der Waals surface area contributed by atoms with Crippen molar-refractivity contribution in [2.75, 3.05) is 56.6 Å². The number of likely N-dealkylation sites (tertiary alicyclic amines) is 1. The zero-order valence-electron chi connectivity index (χ0n) is 35.0. The van der Waals surface area contributed by atoms with Crippen molar-refractivity contribution >= 4 is 57.1 Å². The van der Waals surface area contributed by atoms with Crippen LogP contribution in [0.5, 0.6) is 5.75 Å². The Bertz CT molecular complexity index is 2570. The molecule has 3 atom stereocenters. The maximum Gasteiger partial charge on any atom is 0.294 e. The van der Waals surface area contributed by atoms with Crippen molar-refractivity contribution < 1.29 is 27.9 Å². The van der Waals surface area contributed by atoms with E-state index in [9.17, 15) is 19.2 Å². The Morgan fingerprint density at radius 3 is 2.54 bits per heavy atom. The van der Waals surface area contributed by atoms with Gasteiger partial charge in [-0.2, -0.15) is 10.1 Å². The van der Waals surface area contributed by atoms with Crippen LogP contribution in [0.3, 0.4) is 0 Å². The number of imide groups is 1. The number of amides is 3. The third-order valence-corrected chi connectivity index (χ3v) is 12.3. The number of piperidine rings is 3. The van der Waals surface area contributed by atoms with E-state index in [1.165, 1.54) is 17.7 Å². The van der Waals surface area contributed by atoms with Gasteiger partial charge in [-0.1, -0.05) is 0 Å². The number of likely N-dealkylation sites (N-methyl/N-ethyl adjacent to an activating group) is 1. The molecule has 0 aliphatic carbocycles. The number of nitrogens with zero attached hydrogens (tertiary/aromatic N) is 8. The Morgan fingerprint density at radius 2 is 1.82 bits per heavy atom. The maximum absolute atomic E-state index is 15.9. The van der Waals surface area contributed by atoms with Crippen LogP contribution >= 0.6 is 0 Å². The molecule has 18 heteroatoms. The molecule has 3 saturated heterocycles. The smallest absolute Gasteiger partial charge is 0.294 e. The number of carbonyl (C=O) groups is 3. The largest absolute Gasteiger partial charge is 0.478 e.